The van der Waals surface area contributed by atoms with Crippen LogP contribution in [-0.4, -0.2) is 68.8 Å². The monoisotopic (exact) mass is 355 g/mol. The second kappa shape index (κ2) is 10.4. The summed E-state index contributed by atoms with van der Waals surface area (Å²) in [4.78, 5) is 25.5. The zero-order valence-corrected chi connectivity index (χ0v) is 14.3. The summed E-state index contributed by atoms with van der Waals surface area (Å²) in [6, 6.07) is 6.83. The van der Waals surface area contributed by atoms with Crippen LogP contribution in [0.4, 0.5) is 0 Å². The molecule has 6 nitrogen and oxygen atoms in total. The Labute approximate surface area is 146 Å². The van der Waals surface area contributed by atoms with Crippen molar-refractivity contribution in [2.45, 2.75) is 6.42 Å². The quantitative estimate of drug-likeness (QED) is 0.326. The van der Waals surface area contributed by atoms with E-state index in [0.717, 1.165) is 6.42 Å². The van der Waals surface area contributed by atoms with Gasteiger partial charge in [-0.15, -0.1) is 11.6 Å². The first-order chi connectivity index (χ1) is 11.8. The van der Waals surface area contributed by atoms with Crippen LogP contribution in [0, 0.1) is 0 Å². The second-order valence-corrected chi connectivity index (χ2v) is 5.57. The molecule has 0 saturated heterocycles. The van der Waals surface area contributed by atoms with Gasteiger partial charge in [0.15, 0.2) is 0 Å². The van der Waals surface area contributed by atoms with E-state index in [9.17, 15) is 9.59 Å². The van der Waals surface area contributed by atoms with Gasteiger partial charge in [0.2, 0.25) is 0 Å². The third kappa shape index (κ3) is 5.27. The Morgan fingerprint density at radius 3 is 1.83 bits per heavy atom. The number of hydrogen-bond donors (Lipinski definition) is 0. The van der Waals surface area contributed by atoms with E-state index in [1.165, 1.54) is 4.90 Å². The van der Waals surface area contributed by atoms with Gasteiger partial charge in [-0.3, -0.25) is 14.5 Å². The van der Waals surface area contributed by atoms with Crippen LogP contribution in [0.15, 0.2) is 24.3 Å². The molecule has 2 rings (SSSR count). The topological polar surface area (TPSA) is 65.1 Å². The summed E-state index contributed by atoms with van der Waals surface area (Å²) < 4.78 is 16.0. The molecule has 0 aromatic heterocycles. The minimum absolute atomic E-state index is 0.244. The van der Waals surface area contributed by atoms with Crippen LogP contribution in [0.2, 0.25) is 0 Å². The number of hydrogen-bond acceptors (Lipinski definition) is 5. The Hall–Kier alpha value is -1.47. The lowest BCUT2D eigenvalue weighted by Gasteiger charge is -2.13. The molecule has 2 amide bonds. The number of ether oxygens (including phenoxy) is 3. The van der Waals surface area contributed by atoms with Crippen LogP contribution in [-0.2, 0) is 14.2 Å². The van der Waals surface area contributed by atoms with Crippen molar-refractivity contribution >= 4 is 23.4 Å². The van der Waals surface area contributed by atoms with Gasteiger partial charge in [0.1, 0.15) is 0 Å². The average molecular weight is 356 g/mol. The number of carbonyl (C=O) groups excluding carboxylic acids is 2. The van der Waals surface area contributed by atoms with Crippen LogP contribution in [0.1, 0.15) is 27.1 Å². The van der Waals surface area contributed by atoms with E-state index in [-0.39, 0.29) is 18.4 Å². The number of nitrogens with zero attached hydrogens (tertiary/aromatic N) is 1. The largest absolute Gasteiger partial charge is 0.379 e. The van der Waals surface area contributed by atoms with Crippen molar-refractivity contribution in [2.75, 3.05) is 52.1 Å². The van der Waals surface area contributed by atoms with Crippen LogP contribution in [0.25, 0.3) is 0 Å². The minimum Gasteiger partial charge on any atom is -0.379 e. The highest BCUT2D eigenvalue weighted by atomic mass is 35.5. The smallest absolute Gasteiger partial charge is 0.261 e. The first kappa shape index (κ1) is 18.9. The van der Waals surface area contributed by atoms with Gasteiger partial charge >= 0.3 is 0 Å². The highest BCUT2D eigenvalue weighted by molar-refractivity contribution is 6.21. The molecule has 1 aromatic carbocycles. The molecule has 132 valence electrons. The second-order valence-electron chi connectivity index (χ2n) is 5.19. The number of benzene rings is 1. The Morgan fingerprint density at radius 2 is 1.29 bits per heavy atom. The van der Waals surface area contributed by atoms with E-state index in [0.29, 0.717) is 56.6 Å². The number of carbonyl (C=O) groups is 2. The van der Waals surface area contributed by atoms with Gasteiger partial charge < -0.3 is 14.2 Å². The molecular weight excluding hydrogens is 334 g/mol. The Bertz CT molecular complexity index is 517. The van der Waals surface area contributed by atoms with E-state index < -0.39 is 0 Å². The predicted molar refractivity (Wildman–Crippen MR) is 89.6 cm³/mol. The molecule has 1 aliphatic heterocycles. The number of halogens is 1. The van der Waals surface area contributed by atoms with E-state index in [1.807, 2.05) is 0 Å². The molecule has 0 saturated carbocycles. The predicted octanol–water partition coefficient (Wildman–Crippen LogP) is 1.96. The lowest BCUT2D eigenvalue weighted by Crippen LogP contribution is -2.33. The average Bonchev–Trinajstić information content (AvgIpc) is 2.84. The summed E-state index contributed by atoms with van der Waals surface area (Å²) in [5.41, 5.74) is 0.917. The fraction of sp³-hybridized carbons (Fsp3) is 0.529. The minimum atomic E-state index is -0.260. The maximum absolute atomic E-state index is 12.1. The molecule has 0 N–H and O–H groups in total. The Morgan fingerprint density at radius 1 is 0.792 bits per heavy atom. The first-order valence-corrected chi connectivity index (χ1v) is 8.53. The molecule has 0 radical (unpaired) electrons. The zero-order valence-electron chi connectivity index (χ0n) is 13.5. The summed E-state index contributed by atoms with van der Waals surface area (Å²) in [7, 11) is 0. The summed E-state index contributed by atoms with van der Waals surface area (Å²) >= 11 is 5.53. The maximum atomic E-state index is 12.1. The molecule has 0 bridgehead atoms. The van der Waals surface area contributed by atoms with Crippen molar-refractivity contribution in [1.82, 2.24) is 4.90 Å². The van der Waals surface area contributed by atoms with Gasteiger partial charge in [-0.2, -0.15) is 0 Å². The van der Waals surface area contributed by atoms with E-state index in [2.05, 4.69) is 0 Å². The standard InChI is InChI=1S/C17H22ClNO5/c18-6-3-8-22-10-12-24-13-11-23-9-7-19-16(20)14-4-1-2-5-15(14)17(19)21/h1-2,4-5H,3,6-13H2. The van der Waals surface area contributed by atoms with Crippen LogP contribution in [0.3, 0.4) is 0 Å². The molecule has 0 fully saturated rings. The molecule has 0 unspecified atom stereocenters. The molecule has 0 aliphatic carbocycles. The van der Waals surface area contributed by atoms with Crippen LogP contribution >= 0.6 is 11.6 Å². The van der Waals surface area contributed by atoms with Crippen LogP contribution < -0.4 is 0 Å². The molecule has 1 aromatic rings. The van der Waals surface area contributed by atoms with Crippen molar-refractivity contribution in [3.8, 4) is 0 Å². The zero-order chi connectivity index (χ0) is 17.2. The Kier molecular flexibility index (Phi) is 8.18. The number of rotatable bonds is 12. The third-order valence-electron chi connectivity index (χ3n) is 3.50. The van der Waals surface area contributed by atoms with E-state index in [1.54, 1.807) is 24.3 Å². The summed E-state index contributed by atoms with van der Waals surface area (Å²) in [5, 5.41) is 0. The SMILES string of the molecule is O=C1c2ccccc2C(=O)N1CCOCCOCCOCCCCl. The summed E-state index contributed by atoms with van der Waals surface area (Å²) in [6.45, 7) is 3.07. The summed E-state index contributed by atoms with van der Waals surface area (Å²) in [5.74, 6) is 0.0796. The van der Waals surface area contributed by atoms with Gasteiger partial charge in [0.05, 0.1) is 50.7 Å². The molecule has 0 atom stereocenters. The fourth-order valence-electron chi connectivity index (χ4n) is 2.30. The van der Waals surface area contributed by atoms with Gasteiger partial charge in [0.25, 0.3) is 11.8 Å². The highest BCUT2D eigenvalue weighted by Gasteiger charge is 2.34. The van der Waals surface area contributed by atoms with Gasteiger partial charge in [-0.25, -0.2) is 0 Å². The van der Waals surface area contributed by atoms with E-state index in [4.69, 9.17) is 25.8 Å². The lowest BCUT2D eigenvalue weighted by atomic mass is 10.1. The van der Waals surface area contributed by atoms with Gasteiger partial charge in [-0.1, -0.05) is 12.1 Å². The first-order valence-electron chi connectivity index (χ1n) is 8.00. The number of fused-ring (bicyclic) bond motifs is 1. The molecule has 1 heterocycles. The lowest BCUT2D eigenvalue weighted by molar-refractivity contribution is 0.0113. The normalized spacial score (nSPS) is 13.6. The number of imide groups is 1. The van der Waals surface area contributed by atoms with Crippen molar-refractivity contribution < 1.29 is 23.8 Å². The molecular formula is C17H22ClNO5. The molecule has 7 heteroatoms. The maximum Gasteiger partial charge on any atom is 0.261 e. The fourth-order valence-corrected chi connectivity index (χ4v) is 2.41. The third-order valence-corrected chi connectivity index (χ3v) is 3.77. The van der Waals surface area contributed by atoms with Gasteiger partial charge in [-0.05, 0) is 18.6 Å². The van der Waals surface area contributed by atoms with Crippen molar-refractivity contribution in [1.29, 1.82) is 0 Å². The van der Waals surface area contributed by atoms with Crippen molar-refractivity contribution in [3.63, 3.8) is 0 Å². The van der Waals surface area contributed by atoms with Crippen molar-refractivity contribution in [2.24, 2.45) is 0 Å². The van der Waals surface area contributed by atoms with Crippen molar-refractivity contribution in [3.05, 3.63) is 35.4 Å². The summed E-state index contributed by atoms with van der Waals surface area (Å²) in [6.07, 6.45) is 0.836. The molecule has 1 aliphatic rings. The molecule has 0 spiro atoms. The number of alkyl halides is 1. The Balaban J connectivity index is 1.53. The van der Waals surface area contributed by atoms with Crippen LogP contribution in [0.5, 0.6) is 0 Å². The number of amides is 2. The highest BCUT2D eigenvalue weighted by Crippen LogP contribution is 2.21. The van der Waals surface area contributed by atoms with E-state index >= 15 is 0 Å². The molecule has 24 heavy (non-hydrogen) atoms. The van der Waals surface area contributed by atoms with Gasteiger partial charge in [0, 0.05) is 12.5 Å².